The van der Waals surface area contributed by atoms with Gasteiger partial charge < -0.3 is 9.67 Å². The van der Waals surface area contributed by atoms with Crippen LogP contribution in [0.25, 0.3) is 10.9 Å². The third kappa shape index (κ3) is 1.32. The first-order valence-electron chi connectivity index (χ1n) is 4.50. The Labute approximate surface area is 81.6 Å². The maximum atomic E-state index is 10.8. The SMILES string of the molecule is O=Cc1cccc2ccn(CCO)c12. The molecule has 0 spiro atoms. The molecule has 0 bridgehead atoms. The highest BCUT2D eigenvalue weighted by atomic mass is 16.3. The number of hydrogen-bond donors (Lipinski definition) is 1. The first-order valence-corrected chi connectivity index (χ1v) is 4.50. The molecule has 0 aliphatic heterocycles. The van der Waals surface area contributed by atoms with Crippen LogP contribution in [0.15, 0.2) is 30.5 Å². The number of nitrogens with zero attached hydrogens (tertiary/aromatic N) is 1. The number of carbonyl (C=O) groups excluding carboxylic acids is 1. The predicted molar refractivity (Wildman–Crippen MR) is 54.4 cm³/mol. The summed E-state index contributed by atoms with van der Waals surface area (Å²) in [4.78, 5) is 10.8. The molecule has 1 aromatic carbocycles. The van der Waals surface area contributed by atoms with Crippen LogP contribution in [-0.4, -0.2) is 22.6 Å². The van der Waals surface area contributed by atoms with E-state index in [1.807, 2.05) is 29.0 Å². The van der Waals surface area contributed by atoms with Crippen LogP contribution in [0.1, 0.15) is 10.4 Å². The summed E-state index contributed by atoms with van der Waals surface area (Å²) in [5.41, 5.74) is 1.57. The minimum absolute atomic E-state index is 0.0803. The van der Waals surface area contributed by atoms with Gasteiger partial charge in [-0.3, -0.25) is 4.79 Å². The molecule has 0 saturated carbocycles. The monoisotopic (exact) mass is 189 g/mol. The van der Waals surface area contributed by atoms with Crippen LogP contribution in [0.2, 0.25) is 0 Å². The highest BCUT2D eigenvalue weighted by Gasteiger charge is 2.04. The molecule has 3 nitrogen and oxygen atoms in total. The lowest BCUT2D eigenvalue weighted by atomic mass is 10.1. The van der Waals surface area contributed by atoms with Crippen LogP contribution in [-0.2, 0) is 6.54 Å². The van der Waals surface area contributed by atoms with Gasteiger partial charge in [0, 0.05) is 23.7 Å². The fourth-order valence-electron chi connectivity index (χ4n) is 1.68. The molecule has 1 aromatic heterocycles. The smallest absolute Gasteiger partial charge is 0.152 e. The first-order chi connectivity index (χ1) is 6.86. The topological polar surface area (TPSA) is 42.2 Å². The molecule has 14 heavy (non-hydrogen) atoms. The fourth-order valence-corrected chi connectivity index (χ4v) is 1.68. The van der Waals surface area contributed by atoms with Gasteiger partial charge in [0.2, 0.25) is 0 Å². The van der Waals surface area contributed by atoms with Crippen LogP contribution < -0.4 is 0 Å². The van der Waals surface area contributed by atoms with E-state index in [1.54, 1.807) is 6.07 Å². The van der Waals surface area contributed by atoms with Crippen molar-refractivity contribution in [3.63, 3.8) is 0 Å². The van der Waals surface area contributed by atoms with Crippen molar-refractivity contribution in [3.05, 3.63) is 36.0 Å². The molecule has 2 rings (SSSR count). The number of para-hydroxylation sites is 1. The van der Waals surface area contributed by atoms with E-state index >= 15 is 0 Å². The standard InChI is InChI=1S/C11H11NO2/c13-7-6-12-5-4-9-2-1-3-10(8-14)11(9)12/h1-5,8,13H,6-7H2. The number of aldehydes is 1. The molecular formula is C11H11NO2. The summed E-state index contributed by atoms with van der Waals surface area (Å²) in [6.45, 7) is 0.603. The van der Waals surface area contributed by atoms with Gasteiger partial charge in [-0.25, -0.2) is 0 Å². The summed E-state index contributed by atoms with van der Waals surface area (Å²) >= 11 is 0. The van der Waals surface area contributed by atoms with Gasteiger partial charge in [0.25, 0.3) is 0 Å². The van der Waals surface area contributed by atoms with Crippen LogP contribution >= 0.6 is 0 Å². The molecule has 0 aliphatic rings. The van der Waals surface area contributed by atoms with Crippen molar-refractivity contribution in [2.75, 3.05) is 6.61 Å². The van der Waals surface area contributed by atoms with Gasteiger partial charge in [-0.05, 0) is 12.1 Å². The molecule has 0 saturated heterocycles. The van der Waals surface area contributed by atoms with Crippen molar-refractivity contribution >= 4 is 17.2 Å². The van der Waals surface area contributed by atoms with Gasteiger partial charge >= 0.3 is 0 Å². The third-order valence-corrected chi connectivity index (χ3v) is 2.29. The van der Waals surface area contributed by atoms with E-state index in [0.29, 0.717) is 12.1 Å². The summed E-state index contributed by atoms with van der Waals surface area (Å²) in [5.74, 6) is 0. The quantitative estimate of drug-likeness (QED) is 0.742. The predicted octanol–water partition coefficient (Wildman–Crippen LogP) is 1.45. The molecule has 1 heterocycles. The van der Waals surface area contributed by atoms with Gasteiger partial charge in [0.1, 0.15) is 0 Å². The maximum Gasteiger partial charge on any atom is 0.152 e. The molecule has 1 N–H and O–H groups in total. The largest absolute Gasteiger partial charge is 0.395 e. The molecule has 2 aromatic rings. The number of fused-ring (bicyclic) bond motifs is 1. The van der Waals surface area contributed by atoms with E-state index in [0.717, 1.165) is 17.2 Å². The zero-order valence-corrected chi connectivity index (χ0v) is 7.68. The second-order valence-corrected chi connectivity index (χ2v) is 3.14. The lowest BCUT2D eigenvalue weighted by Gasteiger charge is -2.03. The molecule has 0 atom stereocenters. The summed E-state index contributed by atoms with van der Waals surface area (Å²) < 4.78 is 1.89. The maximum absolute atomic E-state index is 10.8. The summed E-state index contributed by atoms with van der Waals surface area (Å²) in [5, 5.41) is 9.88. The average Bonchev–Trinajstić information content (AvgIpc) is 2.62. The minimum Gasteiger partial charge on any atom is -0.395 e. The van der Waals surface area contributed by atoms with E-state index in [-0.39, 0.29) is 6.61 Å². The van der Waals surface area contributed by atoms with Gasteiger partial charge in [-0.15, -0.1) is 0 Å². The molecule has 72 valence electrons. The molecule has 3 heteroatoms. The van der Waals surface area contributed by atoms with Crippen LogP contribution in [0, 0.1) is 0 Å². The van der Waals surface area contributed by atoms with Crippen molar-refractivity contribution in [2.24, 2.45) is 0 Å². The van der Waals surface area contributed by atoms with Crippen LogP contribution in [0.4, 0.5) is 0 Å². The Morgan fingerprint density at radius 3 is 2.93 bits per heavy atom. The Morgan fingerprint density at radius 1 is 1.36 bits per heavy atom. The van der Waals surface area contributed by atoms with Crippen molar-refractivity contribution < 1.29 is 9.90 Å². The van der Waals surface area contributed by atoms with Gasteiger partial charge in [0.15, 0.2) is 6.29 Å². The van der Waals surface area contributed by atoms with Crippen molar-refractivity contribution in [2.45, 2.75) is 6.54 Å². The number of benzene rings is 1. The third-order valence-electron chi connectivity index (χ3n) is 2.29. The summed E-state index contributed by atoms with van der Waals surface area (Å²) in [7, 11) is 0. The molecule has 0 amide bonds. The Balaban J connectivity index is 2.67. The van der Waals surface area contributed by atoms with E-state index in [2.05, 4.69) is 0 Å². The Morgan fingerprint density at radius 2 is 2.21 bits per heavy atom. The van der Waals surface area contributed by atoms with Crippen molar-refractivity contribution in [3.8, 4) is 0 Å². The van der Waals surface area contributed by atoms with E-state index in [4.69, 9.17) is 5.11 Å². The number of hydrogen-bond acceptors (Lipinski definition) is 2. The van der Waals surface area contributed by atoms with E-state index in [9.17, 15) is 4.79 Å². The molecule has 0 aliphatic carbocycles. The van der Waals surface area contributed by atoms with Crippen molar-refractivity contribution in [1.82, 2.24) is 4.57 Å². The van der Waals surface area contributed by atoms with Gasteiger partial charge in [0.05, 0.1) is 12.1 Å². The molecule has 0 fully saturated rings. The van der Waals surface area contributed by atoms with E-state index in [1.165, 1.54) is 0 Å². The lowest BCUT2D eigenvalue weighted by molar-refractivity contribution is 0.112. The molecule has 0 radical (unpaired) electrons. The van der Waals surface area contributed by atoms with Crippen LogP contribution in [0.5, 0.6) is 0 Å². The molecule has 0 unspecified atom stereocenters. The zero-order valence-electron chi connectivity index (χ0n) is 7.68. The number of aromatic nitrogens is 1. The Hall–Kier alpha value is -1.61. The Bertz CT molecular complexity index is 459. The summed E-state index contributed by atoms with van der Waals surface area (Å²) in [6.07, 6.45) is 2.73. The average molecular weight is 189 g/mol. The van der Waals surface area contributed by atoms with E-state index < -0.39 is 0 Å². The number of aliphatic hydroxyl groups excluding tert-OH is 1. The van der Waals surface area contributed by atoms with Gasteiger partial charge in [-0.1, -0.05) is 12.1 Å². The highest BCUT2D eigenvalue weighted by Crippen LogP contribution is 2.18. The second kappa shape index (κ2) is 3.64. The molecular weight excluding hydrogens is 178 g/mol. The second-order valence-electron chi connectivity index (χ2n) is 3.14. The summed E-state index contributed by atoms with van der Waals surface area (Å²) in [6, 6.07) is 7.53. The first kappa shape index (κ1) is 8.97. The zero-order chi connectivity index (χ0) is 9.97. The number of carbonyl (C=O) groups is 1. The Kier molecular flexibility index (Phi) is 2.33. The lowest BCUT2D eigenvalue weighted by Crippen LogP contribution is -2.01. The highest BCUT2D eigenvalue weighted by molar-refractivity contribution is 5.96. The number of rotatable bonds is 3. The van der Waals surface area contributed by atoms with Crippen molar-refractivity contribution in [1.29, 1.82) is 0 Å². The minimum atomic E-state index is 0.0803. The van der Waals surface area contributed by atoms with Gasteiger partial charge in [-0.2, -0.15) is 0 Å². The normalized spacial score (nSPS) is 10.6. The fraction of sp³-hybridized carbons (Fsp3) is 0.182. The number of aliphatic hydroxyl groups is 1. The van der Waals surface area contributed by atoms with Crippen LogP contribution in [0.3, 0.4) is 0 Å².